The summed E-state index contributed by atoms with van der Waals surface area (Å²) in [5, 5.41) is 0. The molecule has 0 aliphatic carbocycles. The van der Waals surface area contributed by atoms with Crippen LogP contribution in [0.1, 0.15) is 19.8 Å². The number of alkyl halides is 1. The quantitative estimate of drug-likeness (QED) is 0.538. The first-order chi connectivity index (χ1) is 6.05. The highest BCUT2D eigenvalue weighted by Gasteiger charge is 2.14. The van der Waals surface area contributed by atoms with Crippen LogP contribution in [0, 0.1) is 12.3 Å². The van der Waals surface area contributed by atoms with Gasteiger partial charge in [0.05, 0.1) is 5.75 Å². The first kappa shape index (κ1) is 12.8. The predicted octanol–water partition coefficient (Wildman–Crippen LogP) is 0.946. The third-order valence-electron chi connectivity index (χ3n) is 1.55. The molecule has 0 amide bonds. The molecule has 0 spiro atoms. The molecule has 0 aromatic rings. The van der Waals surface area contributed by atoms with Crippen molar-refractivity contribution in [1.82, 2.24) is 4.72 Å². The van der Waals surface area contributed by atoms with E-state index >= 15 is 0 Å². The van der Waals surface area contributed by atoms with Gasteiger partial charge in [0.15, 0.2) is 0 Å². The standard InChI is InChI=1S/C8H14ClNO2S/c1-3-5-8(4-2)10-13(11,12)7-6-9/h1,8,10H,4-7H2,2H3. The fraction of sp³-hybridized carbons (Fsp3) is 0.750. The van der Waals surface area contributed by atoms with Crippen molar-refractivity contribution in [1.29, 1.82) is 0 Å². The molecule has 0 aliphatic rings. The number of rotatable bonds is 6. The SMILES string of the molecule is C#CCC(CC)NS(=O)(=O)CCCl. The number of terminal acetylenes is 1. The summed E-state index contributed by atoms with van der Waals surface area (Å²) in [5.41, 5.74) is 0. The molecule has 0 fully saturated rings. The van der Waals surface area contributed by atoms with E-state index in [4.69, 9.17) is 18.0 Å². The second-order valence-electron chi connectivity index (χ2n) is 2.64. The average molecular weight is 224 g/mol. The molecule has 0 radical (unpaired) electrons. The molecule has 1 unspecified atom stereocenters. The van der Waals surface area contributed by atoms with Gasteiger partial charge in [-0.3, -0.25) is 0 Å². The Bertz CT molecular complexity index is 268. The van der Waals surface area contributed by atoms with Crippen LogP contribution < -0.4 is 4.72 Å². The van der Waals surface area contributed by atoms with Crippen molar-refractivity contribution in [3.63, 3.8) is 0 Å². The van der Waals surface area contributed by atoms with Crippen LogP contribution in [0.25, 0.3) is 0 Å². The molecule has 0 aliphatic heterocycles. The van der Waals surface area contributed by atoms with Gasteiger partial charge in [0.2, 0.25) is 10.0 Å². The minimum Gasteiger partial charge on any atom is -0.212 e. The van der Waals surface area contributed by atoms with Crippen LogP contribution in [-0.2, 0) is 10.0 Å². The maximum absolute atomic E-state index is 11.2. The second-order valence-corrected chi connectivity index (χ2v) is 4.89. The van der Waals surface area contributed by atoms with E-state index in [1.54, 1.807) is 0 Å². The van der Waals surface area contributed by atoms with Gasteiger partial charge in [0.1, 0.15) is 0 Å². The minimum atomic E-state index is -3.24. The third-order valence-corrected chi connectivity index (χ3v) is 3.40. The zero-order chi connectivity index (χ0) is 10.3. The largest absolute Gasteiger partial charge is 0.213 e. The number of hydrogen-bond donors (Lipinski definition) is 1. The predicted molar refractivity (Wildman–Crippen MR) is 55.2 cm³/mol. The fourth-order valence-electron chi connectivity index (χ4n) is 0.826. The molecule has 0 bridgehead atoms. The Balaban J connectivity index is 4.16. The van der Waals surface area contributed by atoms with Crippen molar-refractivity contribution in [2.45, 2.75) is 25.8 Å². The highest BCUT2D eigenvalue weighted by Crippen LogP contribution is 1.99. The van der Waals surface area contributed by atoms with Crippen molar-refractivity contribution in [3.8, 4) is 12.3 Å². The number of halogens is 1. The lowest BCUT2D eigenvalue weighted by atomic mass is 10.2. The fourth-order valence-corrected chi connectivity index (χ4v) is 2.51. The Morgan fingerprint density at radius 3 is 2.62 bits per heavy atom. The van der Waals surface area contributed by atoms with Crippen molar-refractivity contribution in [2.75, 3.05) is 11.6 Å². The van der Waals surface area contributed by atoms with Gasteiger partial charge in [-0.25, -0.2) is 13.1 Å². The Labute approximate surface area is 84.9 Å². The summed E-state index contributed by atoms with van der Waals surface area (Å²) in [4.78, 5) is 0. The number of sulfonamides is 1. The lowest BCUT2D eigenvalue weighted by Gasteiger charge is -2.13. The molecule has 0 heterocycles. The lowest BCUT2D eigenvalue weighted by molar-refractivity contribution is 0.545. The van der Waals surface area contributed by atoms with Gasteiger partial charge in [-0.15, -0.1) is 23.9 Å². The Kier molecular flexibility index (Phi) is 6.13. The summed E-state index contributed by atoms with van der Waals surface area (Å²) in [6.45, 7) is 1.88. The molecule has 1 N–H and O–H groups in total. The maximum atomic E-state index is 11.2. The van der Waals surface area contributed by atoms with Gasteiger partial charge in [-0.1, -0.05) is 6.92 Å². The summed E-state index contributed by atoms with van der Waals surface area (Å²) < 4.78 is 24.9. The highest BCUT2D eigenvalue weighted by atomic mass is 35.5. The van der Waals surface area contributed by atoms with Crippen LogP contribution in [-0.4, -0.2) is 26.1 Å². The average Bonchev–Trinajstić information content (AvgIpc) is 2.03. The first-order valence-corrected chi connectivity index (χ1v) is 6.23. The summed E-state index contributed by atoms with van der Waals surface area (Å²) in [6, 6.07) is -0.168. The Morgan fingerprint density at radius 1 is 1.62 bits per heavy atom. The summed E-state index contributed by atoms with van der Waals surface area (Å²) >= 11 is 5.33. The maximum Gasteiger partial charge on any atom is 0.213 e. The lowest BCUT2D eigenvalue weighted by Crippen LogP contribution is -2.36. The minimum absolute atomic E-state index is 0.0599. The normalized spacial score (nSPS) is 13.6. The molecule has 5 heteroatoms. The van der Waals surface area contributed by atoms with E-state index in [1.165, 1.54) is 0 Å². The van der Waals surface area contributed by atoms with Gasteiger partial charge in [-0.2, -0.15) is 0 Å². The van der Waals surface area contributed by atoms with Crippen molar-refractivity contribution in [2.24, 2.45) is 0 Å². The molecule has 0 saturated heterocycles. The molecule has 0 aromatic heterocycles. The van der Waals surface area contributed by atoms with E-state index < -0.39 is 10.0 Å². The van der Waals surface area contributed by atoms with E-state index in [1.807, 2.05) is 6.92 Å². The van der Waals surface area contributed by atoms with Gasteiger partial charge in [0.25, 0.3) is 0 Å². The number of hydrogen-bond acceptors (Lipinski definition) is 2. The summed E-state index contributed by atoms with van der Waals surface area (Å²) in [7, 11) is -3.24. The molecule has 3 nitrogen and oxygen atoms in total. The molecule has 76 valence electrons. The van der Waals surface area contributed by atoms with Crippen molar-refractivity contribution >= 4 is 21.6 Å². The second kappa shape index (κ2) is 6.25. The summed E-state index contributed by atoms with van der Waals surface area (Å²) in [6.07, 6.45) is 6.19. The molecule has 1 atom stereocenters. The van der Waals surface area contributed by atoms with Crippen LogP contribution in [0.5, 0.6) is 0 Å². The summed E-state index contributed by atoms with van der Waals surface area (Å²) in [5.74, 6) is 2.46. The topological polar surface area (TPSA) is 46.2 Å². The van der Waals surface area contributed by atoms with E-state index in [-0.39, 0.29) is 17.7 Å². The molecular weight excluding hydrogens is 210 g/mol. The Morgan fingerprint density at radius 2 is 2.23 bits per heavy atom. The van der Waals surface area contributed by atoms with E-state index in [0.29, 0.717) is 12.8 Å². The van der Waals surface area contributed by atoms with Crippen LogP contribution in [0.3, 0.4) is 0 Å². The Hall–Kier alpha value is -0.240. The molecule has 0 aromatic carbocycles. The zero-order valence-corrected chi connectivity index (χ0v) is 9.16. The molecule has 13 heavy (non-hydrogen) atoms. The molecule has 0 rings (SSSR count). The van der Waals surface area contributed by atoms with E-state index in [9.17, 15) is 8.42 Å². The van der Waals surface area contributed by atoms with E-state index in [0.717, 1.165) is 0 Å². The zero-order valence-electron chi connectivity index (χ0n) is 7.59. The number of nitrogens with one attached hydrogen (secondary N) is 1. The monoisotopic (exact) mass is 223 g/mol. The van der Waals surface area contributed by atoms with Crippen LogP contribution >= 0.6 is 11.6 Å². The molecular formula is C8H14ClNO2S. The first-order valence-electron chi connectivity index (χ1n) is 4.05. The van der Waals surface area contributed by atoms with Crippen LogP contribution in [0.4, 0.5) is 0 Å². The van der Waals surface area contributed by atoms with Gasteiger partial charge >= 0.3 is 0 Å². The van der Waals surface area contributed by atoms with Crippen LogP contribution in [0.15, 0.2) is 0 Å². The third kappa shape index (κ3) is 5.92. The highest BCUT2D eigenvalue weighted by molar-refractivity contribution is 7.89. The van der Waals surface area contributed by atoms with Crippen LogP contribution in [0.2, 0.25) is 0 Å². The van der Waals surface area contributed by atoms with Gasteiger partial charge in [0, 0.05) is 18.3 Å². The van der Waals surface area contributed by atoms with Gasteiger partial charge < -0.3 is 0 Å². The van der Waals surface area contributed by atoms with Crippen molar-refractivity contribution in [3.05, 3.63) is 0 Å². The van der Waals surface area contributed by atoms with E-state index in [2.05, 4.69) is 10.6 Å². The van der Waals surface area contributed by atoms with Gasteiger partial charge in [-0.05, 0) is 6.42 Å². The smallest absolute Gasteiger partial charge is 0.212 e. The molecule has 0 saturated carbocycles. The van der Waals surface area contributed by atoms with Crippen molar-refractivity contribution < 1.29 is 8.42 Å².